The molecule has 5 heteroatoms. The van der Waals surface area contributed by atoms with Gasteiger partial charge >= 0.3 is 0 Å². The van der Waals surface area contributed by atoms with Gasteiger partial charge in [-0.05, 0) is 12.8 Å². The summed E-state index contributed by atoms with van der Waals surface area (Å²) >= 11 is 1.46. The number of carbonyl (C=O) groups excluding carboxylic acids is 1. The molecule has 2 atom stereocenters. The van der Waals surface area contributed by atoms with E-state index in [2.05, 4.69) is 4.98 Å². The van der Waals surface area contributed by atoms with Gasteiger partial charge in [0.15, 0.2) is 5.78 Å². The van der Waals surface area contributed by atoms with Crippen LogP contribution in [0.1, 0.15) is 35.1 Å². The summed E-state index contributed by atoms with van der Waals surface area (Å²) in [6, 6.07) is 0. The average molecular weight is 227 g/mol. The van der Waals surface area contributed by atoms with Crippen molar-refractivity contribution in [2.45, 2.75) is 37.9 Å². The molecule has 0 radical (unpaired) electrons. The molecule has 1 fully saturated rings. The molecule has 2 unspecified atom stereocenters. The highest BCUT2D eigenvalue weighted by molar-refractivity contribution is 7.11. The van der Waals surface area contributed by atoms with E-state index < -0.39 is 6.10 Å². The number of nitrogens with zero attached hydrogens (tertiary/aromatic N) is 1. The van der Waals surface area contributed by atoms with Gasteiger partial charge in [0.1, 0.15) is 6.10 Å². The van der Waals surface area contributed by atoms with Crippen LogP contribution in [0.3, 0.4) is 0 Å². The predicted molar refractivity (Wildman–Crippen MR) is 55.6 cm³/mol. The topological polar surface area (TPSA) is 70.4 Å². The quantitative estimate of drug-likeness (QED) is 0.785. The van der Waals surface area contributed by atoms with Crippen LogP contribution in [0.2, 0.25) is 0 Å². The first kappa shape index (κ1) is 10.7. The second-order valence-electron chi connectivity index (χ2n) is 3.78. The van der Waals surface area contributed by atoms with E-state index in [9.17, 15) is 9.90 Å². The molecule has 82 valence electrons. The molecule has 4 nitrogen and oxygen atoms in total. The minimum absolute atomic E-state index is 0.00582. The van der Waals surface area contributed by atoms with Gasteiger partial charge in [-0.2, -0.15) is 0 Å². The lowest BCUT2D eigenvalue weighted by atomic mass is 9.87. The van der Waals surface area contributed by atoms with Crippen LogP contribution in [-0.2, 0) is 11.4 Å². The summed E-state index contributed by atoms with van der Waals surface area (Å²) in [6.45, 7) is 0.00582. The molecule has 1 heterocycles. The predicted octanol–water partition coefficient (Wildman–Crippen LogP) is 0.833. The molecule has 1 aromatic heterocycles. The molecule has 0 amide bonds. The first-order valence-electron chi connectivity index (χ1n) is 4.97. The van der Waals surface area contributed by atoms with Crippen molar-refractivity contribution in [3.05, 3.63) is 16.1 Å². The van der Waals surface area contributed by atoms with E-state index in [-0.39, 0.29) is 18.3 Å². The lowest BCUT2D eigenvalue weighted by Crippen LogP contribution is -2.28. The van der Waals surface area contributed by atoms with Crippen molar-refractivity contribution in [3.8, 4) is 0 Å². The highest BCUT2D eigenvalue weighted by Crippen LogP contribution is 2.33. The summed E-state index contributed by atoms with van der Waals surface area (Å²) in [4.78, 5) is 16.2. The third kappa shape index (κ3) is 2.25. The van der Waals surface area contributed by atoms with Gasteiger partial charge in [-0.25, -0.2) is 4.98 Å². The Hall–Kier alpha value is -0.780. The highest BCUT2D eigenvalue weighted by Gasteiger charge is 2.29. The number of carbonyl (C=O) groups is 1. The Balaban J connectivity index is 2.08. The van der Waals surface area contributed by atoms with Crippen molar-refractivity contribution < 1.29 is 15.0 Å². The fourth-order valence-corrected chi connectivity index (χ4v) is 2.74. The maximum Gasteiger partial charge on any atom is 0.161 e. The van der Waals surface area contributed by atoms with Crippen LogP contribution < -0.4 is 0 Å². The molecule has 1 aromatic rings. The molecule has 2 N–H and O–H groups in total. The Labute approximate surface area is 91.6 Å². The fourth-order valence-electron chi connectivity index (χ4n) is 1.81. The van der Waals surface area contributed by atoms with Gasteiger partial charge in [0.25, 0.3) is 0 Å². The number of hydrogen-bond acceptors (Lipinski definition) is 5. The molecular formula is C10H13NO3S. The molecule has 1 aliphatic rings. The Bertz CT molecular complexity index is 363. The third-order valence-corrected chi connectivity index (χ3v) is 3.84. The Kier molecular flexibility index (Phi) is 3.14. The van der Waals surface area contributed by atoms with E-state index in [0.29, 0.717) is 12.8 Å². The van der Waals surface area contributed by atoms with Crippen molar-refractivity contribution in [1.82, 2.24) is 4.98 Å². The number of rotatable bonds is 2. The zero-order valence-electron chi connectivity index (χ0n) is 8.22. The fraction of sp³-hybridized carbons (Fsp3) is 0.600. The zero-order chi connectivity index (χ0) is 10.8. The maximum atomic E-state index is 11.1. The van der Waals surface area contributed by atoms with Gasteiger partial charge in [0, 0.05) is 18.5 Å². The van der Waals surface area contributed by atoms with Crippen LogP contribution in [-0.4, -0.2) is 27.1 Å². The standard InChI is InChI=1S/C10H13NO3S/c12-5-7-4-11-10(15-7)6-1-2-8(13)9(14)3-6/h4,6,9,12,14H,1-3,5H2. The molecule has 2 rings (SSSR count). The van der Waals surface area contributed by atoms with Crippen molar-refractivity contribution >= 4 is 17.1 Å². The summed E-state index contributed by atoms with van der Waals surface area (Å²) < 4.78 is 0. The first-order chi connectivity index (χ1) is 7.20. The molecule has 1 saturated carbocycles. The number of thiazole rings is 1. The summed E-state index contributed by atoms with van der Waals surface area (Å²) in [7, 11) is 0. The van der Waals surface area contributed by atoms with Crippen LogP contribution in [0.15, 0.2) is 6.20 Å². The van der Waals surface area contributed by atoms with Crippen molar-refractivity contribution in [3.63, 3.8) is 0 Å². The summed E-state index contributed by atoms with van der Waals surface area (Å²) in [5.41, 5.74) is 0. The smallest absolute Gasteiger partial charge is 0.161 e. The largest absolute Gasteiger partial charge is 0.391 e. The van der Waals surface area contributed by atoms with Crippen LogP contribution in [0.4, 0.5) is 0 Å². The van der Waals surface area contributed by atoms with Gasteiger partial charge in [0.05, 0.1) is 16.5 Å². The van der Waals surface area contributed by atoms with Crippen molar-refractivity contribution in [1.29, 1.82) is 0 Å². The molecule has 0 spiro atoms. The summed E-state index contributed by atoms with van der Waals surface area (Å²) in [5, 5.41) is 19.3. The molecule has 0 bridgehead atoms. The van der Waals surface area contributed by atoms with Gasteiger partial charge < -0.3 is 10.2 Å². The number of ketones is 1. The van der Waals surface area contributed by atoms with E-state index in [0.717, 1.165) is 16.3 Å². The van der Waals surface area contributed by atoms with Crippen LogP contribution in [0.25, 0.3) is 0 Å². The van der Waals surface area contributed by atoms with E-state index in [4.69, 9.17) is 5.11 Å². The monoisotopic (exact) mass is 227 g/mol. The SMILES string of the molecule is O=C1CCC(c2ncc(CO)s2)CC1O. The second kappa shape index (κ2) is 4.38. The molecular weight excluding hydrogens is 214 g/mol. The lowest BCUT2D eigenvalue weighted by molar-refractivity contribution is -0.129. The van der Waals surface area contributed by atoms with E-state index >= 15 is 0 Å². The van der Waals surface area contributed by atoms with E-state index in [1.165, 1.54) is 11.3 Å². The molecule has 0 aromatic carbocycles. The van der Waals surface area contributed by atoms with Crippen LogP contribution >= 0.6 is 11.3 Å². The van der Waals surface area contributed by atoms with E-state index in [1.54, 1.807) is 6.20 Å². The van der Waals surface area contributed by atoms with Crippen molar-refractivity contribution in [2.24, 2.45) is 0 Å². The van der Waals surface area contributed by atoms with Gasteiger partial charge in [-0.1, -0.05) is 0 Å². The molecule has 1 aliphatic carbocycles. The number of hydrogen-bond donors (Lipinski definition) is 2. The first-order valence-corrected chi connectivity index (χ1v) is 5.78. The molecule has 0 aliphatic heterocycles. The zero-order valence-corrected chi connectivity index (χ0v) is 9.04. The molecule has 15 heavy (non-hydrogen) atoms. The molecule has 0 saturated heterocycles. The number of aromatic nitrogens is 1. The summed E-state index contributed by atoms with van der Waals surface area (Å²) in [6.07, 6.45) is 2.49. The normalized spacial score (nSPS) is 26.9. The Morgan fingerprint density at radius 3 is 3.00 bits per heavy atom. The van der Waals surface area contributed by atoms with Gasteiger partial charge in [-0.15, -0.1) is 11.3 Å². The van der Waals surface area contributed by atoms with Gasteiger partial charge in [0.2, 0.25) is 0 Å². The Morgan fingerprint density at radius 2 is 2.40 bits per heavy atom. The highest BCUT2D eigenvalue weighted by atomic mass is 32.1. The number of Topliss-reactive ketones (excluding diaryl/α,β-unsaturated/α-hetero) is 1. The van der Waals surface area contributed by atoms with Crippen molar-refractivity contribution in [2.75, 3.05) is 0 Å². The number of aliphatic hydroxyl groups excluding tert-OH is 2. The van der Waals surface area contributed by atoms with E-state index in [1.807, 2.05) is 0 Å². The number of aliphatic hydroxyl groups is 2. The van der Waals surface area contributed by atoms with Gasteiger partial charge in [-0.3, -0.25) is 4.79 Å². The second-order valence-corrected chi connectivity index (χ2v) is 4.92. The third-order valence-electron chi connectivity index (χ3n) is 2.70. The summed E-state index contributed by atoms with van der Waals surface area (Å²) in [5.74, 6) is 0.105. The van der Waals surface area contributed by atoms with Crippen LogP contribution in [0, 0.1) is 0 Å². The lowest BCUT2D eigenvalue weighted by Gasteiger charge is -2.22. The Morgan fingerprint density at radius 1 is 1.60 bits per heavy atom. The maximum absolute atomic E-state index is 11.1. The van der Waals surface area contributed by atoms with Crippen LogP contribution in [0.5, 0.6) is 0 Å². The minimum Gasteiger partial charge on any atom is -0.391 e. The average Bonchev–Trinajstić information content (AvgIpc) is 2.70. The minimum atomic E-state index is -0.828.